The molecular weight excluding hydrogens is 256 g/mol. The van der Waals surface area contributed by atoms with Crippen molar-refractivity contribution in [1.82, 2.24) is 10.3 Å². The zero-order chi connectivity index (χ0) is 15.3. The highest BCUT2D eigenvalue weighted by Gasteiger charge is 2.25. The van der Waals surface area contributed by atoms with E-state index in [0.717, 1.165) is 13.0 Å². The second-order valence-corrected chi connectivity index (χ2v) is 4.89. The fourth-order valence-corrected chi connectivity index (χ4v) is 2.20. The van der Waals surface area contributed by atoms with Crippen LogP contribution in [0.15, 0.2) is 0 Å². The summed E-state index contributed by atoms with van der Waals surface area (Å²) in [6.07, 6.45) is 0.969. The number of esters is 1. The van der Waals surface area contributed by atoms with Crippen molar-refractivity contribution < 1.29 is 14.3 Å². The largest absolute Gasteiger partial charge is 0.461 e. The highest BCUT2D eigenvalue weighted by atomic mass is 16.5. The average Bonchev–Trinajstić information content (AvgIpc) is 2.71. The van der Waals surface area contributed by atoms with Crippen molar-refractivity contribution in [3.8, 4) is 0 Å². The Morgan fingerprint density at radius 1 is 1.30 bits per heavy atom. The van der Waals surface area contributed by atoms with Gasteiger partial charge in [0.15, 0.2) is 5.78 Å². The minimum Gasteiger partial charge on any atom is -0.461 e. The Kier molecular flexibility index (Phi) is 5.95. The molecule has 0 bridgehead atoms. The van der Waals surface area contributed by atoms with Gasteiger partial charge in [0.2, 0.25) is 0 Å². The topological polar surface area (TPSA) is 71.2 Å². The molecule has 0 fully saturated rings. The Bertz CT molecular complexity index is 492. The number of aryl methyl sites for hydroxylation is 1. The van der Waals surface area contributed by atoms with E-state index in [1.165, 1.54) is 0 Å². The van der Waals surface area contributed by atoms with Crippen LogP contribution in [0, 0.1) is 13.8 Å². The number of rotatable bonds is 7. The minimum atomic E-state index is -0.415. The normalized spacial score (nSPS) is 12.2. The van der Waals surface area contributed by atoms with E-state index in [1.807, 2.05) is 6.92 Å². The highest BCUT2D eigenvalue weighted by molar-refractivity contribution is 6.05. The molecule has 5 nitrogen and oxygen atoms in total. The van der Waals surface area contributed by atoms with Crippen molar-refractivity contribution in [2.24, 2.45) is 0 Å². The van der Waals surface area contributed by atoms with Crippen molar-refractivity contribution in [2.75, 3.05) is 13.2 Å². The number of H-pyrrole nitrogens is 1. The lowest BCUT2D eigenvalue weighted by Crippen LogP contribution is -2.34. The lowest BCUT2D eigenvalue weighted by molar-refractivity contribution is 0.0519. The SMILES string of the molecule is CCCNC(C)C(=O)c1c(C)[nH]c(C(=O)OCC)c1C. The Balaban J connectivity index is 3.01. The Morgan fingerprint density at radius 3 is 2.50 bits per heavy atom. The summed E-state index contributed by atoms with van der Waals surface area (Å²) in [5, 5.41) is 3.17. The third-order valence-corrected chi connectivity index (χ3v) is 3.26. The van der Waals surface area contributed by atoms with Crippen LogP contribution in [0.3, 0.4) is 0 Å². The molecule has 1 aromatic heterocycles. The van der Waals surface area contributed by atoms with Gasteiger partial charge in [-0.3, -0.25) is 4.79 Å². The molecule has 1 rings (SSSR count). The quantitative estimate of drug-likeness (QED) is 0.594. The predicted molar refractivity (Wildman–Crippen MR) is 78.3 cm³/mol. The highest BCUT2D eigenvalue weighted by Crippen LogP contribution is 2.20. The van der Waals surface area contributed by atoms with Crippen LogP contribution in [0.4, 0.5) is 0 Å². The van der Waals surface area contributed by atoms with Crippen LogP contribution < -0.4 is 5.32 Å². The Morgan fingerprint density at radius 2 is 1.95 bits per heavy atom. The molecule has 0 amide bonds. The Hall–Kier alpha value is -1.62. The summed E-state index contributed by atoms with van der Waals surface area (Å²) in [4.78, 5) is 27.2. The molecule has 0 aliphatic heterocycles. The maximum atomic E-state index is 12.5. The molecule has 112 valence electrons. The van der Waals surface area contributed by atoms with Gasteiger partial charge < -0.3 is 15.0 Å². The number of Topliss-reactive ketones (excluding diaryl/α,β-unsaturated/α-hetero) is 1. The molecule has 0 saturated carbocycles. The van der Waals surface area contributed by atoms with E-state index in [0.29, 0.717) is 29.1 Å². The average molecular weight is 280 g/mol. The maximum absolute atomic E-state index is 12.5. The molecule has 1 aromatic rings. The number of hydrogen-bond acceptors (Lipinski definition) is 4. The first-order valence-electron chi connectivity index (χ1n) is 7.07. The van der Waals surface area contributed by atoms with Gasteiger partial charge in [-0.15, -0.1) is 0 Å². The van der Waals surface area contributed by atoms with Crippen LogP contribution in [0.25, 0.3) is 0 Å². The molecule has 0 aliphatic rings. The fraction of sp³-hybridized carbons (Fsp3) is 0.600. The summed E-state index contributed by atoms with van der Waals surface area (Å²) in [6, 6.07) is -0.266. The van der Waals surface area contributed by atoms with Crippen molar-refractivity contribution in [1.29, 1.82) is 0 Å². The van der Waals surface area contributed by atoms with E-state index in [1.54, 1.807) is 20.8 Å². The molecule has 0 saturated heterocycles. The van der Waals surface area contributed by atoms with E-state index in [2.05, 4.69) is 17.2 Å². The minimum absolute atomic E-state index is 0.000230. The Labute approximate surface area is 120 Å². The molecule has 5 heteroatoms. The summed E-state index contributed by atoms with van der Waals surface area (Å²) in [5.41, 5.74) is 2.33. The smallest absolute Gasteiger partial charge is 0.355 e. The van der Waals surface area contributed by atoms with Gasteiger partial charge in [0.05, 0.1) is 12.6 Å². The number of ketones is 1. The molecule has 1 unspecified atom stereocenters. The number of carbonyl (C=O) groups excluding carboxylic acids is 2. The first-order chi connectivity index (χ1) is 9.43. The first-order valence-corrected chi connectivity index (χ1v) is 7.07. The standard InChI is InChI=1S/C15H24N2O3/c1-6-8-16-11(5)14(18)12-9(3)13(17-10(12)4)15(19)20-7-2/h11,16-17H,6-8H2,1-5H3. The molecule has 1 heterocycles. The van der Waals surface area contributed by atoms with Crippen LogP contribution in [0.5, 0.6) is 0 Å². The maximum Gasteiger partial charge on any atom is 0.355 e. The van der Waals surface area contributed by atoms with E-state index >= 15 is 0 Å². The molecule has 0 aromatic carbocycles. The van der Waals surface area contributed by atoms with E-state index in [9.17, 15) is 9.59 Å². The van der Waals surface area contributed by atoms with E-state index in [4.69, 9.17) is 4.74 Å². The molecule has 20 heavy (non-hydrogen) atoms. The number of nitrogens with one attached hydrogen (secondary N) is 2. The number of hydrogen-bond donors (Lipinski definition) is 2. The van der Waals surface area contributed by atoms with Gasteiger partial charge in [-0.25, -0.2) is 4.79 Å². The summed E-state index contributed by atoms with van der Waals surface area (Å²) < 4.78 is 4.99. The van der Waals surface area contributed by atoms with Crippen LogP contribution in [-0.2, 0) is 4.74 Å². The number of carbonyl (C=O) groups is 2. The van der Waals surface area contributed by atoms with Gasteiger partial charge in [-0.2, -0.15) is 0 Å². The third-order valence-electron chi connectivity index (χ3n) is 3.26. The fourth-order valence-electron chi connectivity index (χ4n) is 2.20. The predicted octanol–water partition coefficient (Wildman–Crippen LogP) is 2.38. The molecule has 0 spiro atoms. The van der Waals surface area contributed by atoms with Crippen molar-refractivity contribution in [2.45, 2.75) is 47.1 Å². The monoisotopic (exact) mass is 280 g/mol. The van der Waals surface area contributed by atoms with E-state index in [-0.39, 0.29) is 11.8 Å². The van der Waals surface area contributed by atoms with Crippen molar-refractivity contribution in [3.63, 3.8) is 0 Å². The van der Waals surface area contributed by atoms with E-state index < -0.39 is 5.97 Å². The van der Waals surface area contributed by atoms with Gasteiger partial charge in [-0.05, 0) is 46.2 Å². The van der Waals surface area contributed by atoms with Gasteiger partial charge >= 0.3 is 5.97 Å². The molecular formula is C15H24N2O3. The molecule has 2 N–H and O–H groups in total. The van der Waals surface area contributed by atoms with Crippen molar-refractivity contribution >= 4 is 11.8 Å². The molecule has 1 atom stereocenters. The molecule has 0 radical (unpaired) electrons. The first kappa shape index (κ1) is 16.4. The van der Waals surface area contributed by atoms with Crippen molar-refractivity contribution in [3.05, 3.63) is 22.5 Å². The molecule has 0 aliphatic carbocycles. The lowest BCUT2D eigenvalue weighted by atomic mass is 10.0. The number of aromatic amines is 1. The summed E-state index contributed by atoms with van der Waals surface area (Å²) in [7, 11) is 0. The van der Waals surface area contributed by atoms with Crippen LogP contribution in [0.1, 0.15) is 59.3 Å². The lowest BCUT2D eigenvalue weighted by Gasteiger charge is -2.12. The summed E-state index contributed by atoms with van der Waals surface area (Å²) in [5.74, 6) is -0.415. The third kappa shape index (κ3) is 3.48. The zero-order valence-corrected chi connectivity index (χ0v) is 12.9. The number of ether oxygens (including phenoxy) is 1. The second-order valence-electron chi connectivity index (χ2n) is 4.89. The zero-order valence-electron chi connectivity index (χ0n) is 12.9. The van der Waals surface area contributed by atoms with Crippen LogP contribution in [0.2, 0.25) is 0 Å². The van der Waals surface area contributed by atoms with Gasteiger partial charge in [0.25, 0.3) is 0 Å². The van der Waals surface area contributed by atoms with Gasteiger partial charge in [0, 0.05) is 11.3 Å². The second kappa shape index (κ2) is 7.24. The van der Waals surface area contributed by atoms with Gasteiger partial charge in [0.1, 0.15) is 5.69 Å². The number of aromatic nitrogens is 1. The summed E-state index contributed by atoms with van der Waals surface area (Å²) in [6.45, 7) is 10.3. The summed E-state index contributed by atoms with van der Waals surface area (Å²) >= 11 is 0. The van der Waals surface area contributed by atoms with Crippen LogP contribution in [-0.4, -0.2) is 35.9 Å². The van der Waals surface area contributed by atoms with Gasteiger partial charge in [-0.1, -0.05) is 6.92 Å². The van der Waals surface area contributed by atoms with Crippen LogP contribution >= 0.6 is 0 Å².